The maximum Gasteiger partial charge on any atom is 0.255 e. The zero-order chi connectivity index (χ0) is 8.55. The molecular formula is C7H11ClN2O3. The average Bonchev–Trinajstić information content (AvgIpc) is 1.93. The molecule has 2 amide bonds. The third-order valence-electron chi connectivity index (χ3n) is 2.11. The van der Waals surface area contributed by atoms with E-state index in [1.807, 2.05) is 0 Å². The van der Waals surface area contributed by atoms with Gasteiger partial charge in [-0.05, 0) is 0 Å². The number of carbonyl (C=O) groups excluding carboxylic acids is 2. The lowest BCUT2D eigenvalue weighted by Crippen LogP contribution is -2.63. The number of imide groups is 1. The smallest absolute Gasteiger partial charge is 0.255 e. The van der Waals surface area contributed by atoms with Crippen molar-refractivity contribution in [1.29, 1.82) is 0 Å². The number of hydrogen-bond acceptors (Lipinski definition) is 4. The van der Waals surface area contributed by atoms with E-state index in [0.717, 1.165) is 13.1 Å². The van der Waals surface area contributed by atoms with Crippen LogP contribution in [0, 0.1) is 0 Å². The van der Waals surface area contributed by atoms with Crippen LogP contribution in [0.15, 0.2) is 0 Å². The monoisotopic (exact) mass is 206 g/mol. The van der Waals surface area contributed by atoms with Gasteiger partial charge in [0.25, 0.3) is 11.8 Å². The van der Waals surface area contributed by atoms with Crippen molar-refractivity contribution >= 4 is 24.2 Å². The van der Waals surface area contributed by atoms with Crippen LogP contribution in [0.25, 0.3) is 0 Å². The minimum absolute atomic E-state index is 0. The quantitative estimate of drug-likeness (QED) is 0.546. The van der Waals surface area contributed by atoms with Gasteiger partial charge >= 0.3 is 0 Å². The first-order chi connectivity index (χ1) is 5.79. The molecule has 5 nitrogen and oxygen atoms in total. The van der Waals surface area contributed by atoms with E-state index in [1.165, 1.54) is 4.90 Å². The average molecular weight is 207 g/mol. The van der Waals surface area contributed by atoms with Crippen molar-refractivity contribution in [3.05, 3.63) is 0 Å². The van der Waals surface area contributed by atoms with Crippen molar-refractivity contribution in [3.63, 3.8) is 0 Å². The SMILES string of the molecule is Cl.O=C1COCC(=O)N1C1CNC1. The first-order valence-electron chi connectivity index (χ1n) is 3.92. The fourth-order valence-corrected chi connectivity index (χ4v) is 1.37. The summed E-state index contributed by atoms with van der Waals surface area (Å²) in [7, 11) is 0. The fraction of sp³-hybridized carbons (Fsp3) is 0.714. The van der Waals surface area contributed by atoms with Crippen molar-refractivity contribution < 1.29 is 14.3 Å². The predicted molar refractivity (Wildman–Crippen MR) is 46.6 cm³/mol. The summed E-state index contributed by atoms with van der Waals surface area (Å²) in [6.07, 6.45) is 0. The number of hydrogen-bond donors (Lipinski definition) is 1. The highest BCUT2D eigenvalue weighted by Gasteiger charge is 2.35. The van der Waals surface area contributed by atoms with Gasteiger partial charge < -0.3 is 10.1 Å². The molecule has 13 heavy (non-hydrogen) atoms. The Morgan fingerprint density at radius 1 is 1.23 bits per heavy atom. The summed E-state index contributed by atoms with van der Waals surface area (Å²) in [5, 5.41) is 3.01. The Kier molecular flexibility index (Phi) is 3.24. The van der Waals surface area contributed by atoms with E-state index in [-0.39, 0.29) is 43.5 Å². The first-order valence-corrected chi connectivity index (χ1v) is 3.92. The molecule has 0 saturated carbocycles. The molecule has 0 spiro atoms. The summed E-state index contributed by atoms with van der Waals surface area (Å²) in [6.45, 7) is 1.53. The number of halogens is 1. The number of nitrogens with one attached hydrogen (secondary N) is 1. The first kappa shape index (κ1) is 10.4. The van der Waals surface area contributed by atoms with Gasteiger partial charge in [0.05, 0.1) is 6.04 Å². The van der Waals surface area contributed by atoms with Crippen molar-refractivity contribution in [2.24, 2.45) is 0 Å². The van der Waals surface area contributed by atoms with Crippen LogP contribution in [0.2, 0.25) is 0 Å². The molecule has 0 atom stereocenters. The Bertz CT molecular complexity index is 214. The van der Waals surface area contributed by atoms with Crippen LogP contribution in [-0.4, -0.2) is 49.1 Å². The summed E-state index contributed by atoms with van der Waals surface area (Å²) in [5.74, 6) is -0.421. The van der Waals surface area contributed by atoms with Crippen LogP contribution in [0.3, 0.4) is 0 Å². The minimum Gasteiger partial charge on any atom is -0.362 e. The van der Waals surface area contributed by atoms with Gasteiger partial charge in [-0.15, -0.1) is 12.4 Å². The number of carbonyl (C=O) groups is 2. The molecule has 2 fully saturated rings. The molecule has 2 heterocycles. The molecule has 0 radical (unpaired) electrons. The number of ether oxygens (including phenoxy) is 1. The summed E-state index contributed by atoms with van der Waals surface area (Å²) in [6, 6.07) is 0.0638. The third kappa shape index (κ3) is 1.82. The second-order valence-electron chi connectivity index (χ2n) is 2.96. The van der Waals surface area contributed by atoms with Gasteiger partial charge in [0.1, 0.15) is 13.2 Å². The largest absolute Gasteiger partial charge is 0.362 e. The molecular weight excluding hydrogens is 196 g/mol. The lowest BCUT2D eigenvalue weighted by Gasteiger charge is -2.38. The predicted octanol–water partition coefficient (Wildman–Crippen LogP) is -1.23. The van der Waals surface area contributed by atoms with Gasteiger partial charge in [0.2, 0.25) is 0 Å². The summed E-state index contributed by atoms with van der Waals surface area (Å²) in [4.78, 5) is 23.7. The van der Waals surface area contributed by atoms with E-state index in [4.69, 9.17) is 4.74 Å². The van der Waals surface area contributed by atoms with E-state index >= 15 is 0 Å². The fourth-order valence-electron chi connectivity index (χ4n) is 1.37. The van der Waals surface area contributed by atoms with E-state index < -0.39 is 0 Å². The molecule has 2 rings (SSSR count). The van der Waals surface area contributed by atoms with Gasteiger partial charge in [-0.1, -0.05) is 0 Å². The van der Waals surface area contributed by atoms with Crippen molar-refractivity contribution in [1.82, 2.24) is 10.2 Å². The molecule has 0 aromatic carbocycles. The molecule has 1 N–H and O–H groups in total. The molecule has 74 valence electrons. The Morgan fingerprint density at radius 3 is 2.15 bits per heavy atom. The van der Waals surface area contributed by atoms with Gasteiger partial charge in [-0.2, -0.15) is 0 Å². The molecule has 0 aliphatic carbocycles. The second-order valence-corrected chi connectivity index (χ2v) is 2.96. The molecule has 2 aliphatic heterocycles. The van der Waals surface area contributed by atoms with E-state index in [0.29, 0.717) is 0 Å². The van der Waals surface area contributed by atoms with Crippen LogP contribution < -0.4 is 5.32 Å². The van der Waals surface area contributed by atoms with Gasteiger partial charge in [-0.3, -0.25) is 14.5 Å². The number of nitrogens with zero attached hydrogens (tertiary/aromatic N) is 1. The highest BCUT2D eigenvalue weighted by Crippen LogP contribution is 2.09. The summed E-state index contributed by atoms with van der Waals surface area (Å²) in [5.41, 5.74) is 0. The lowest BCUT2D eigenvalue weighted by molar-refractivity contribution is -0.162. The second kappa shape index (κ2) is 4.04. The highest BCUT2D eigenvalue weighted by atomic mass is 35.5. The third-order valence-corrected chi connectivity index (χ3v) is 2.11. The normalized spacial score (nSPS) is 23.8. The van der Waals surface area contributed by atoms with E-state index in [1.54, 1.807) is 0 Å². The van der Waals surface area contributed by atoms with Crippen LogP contribution in [0.1, 0.15) is 0 Å². The molecule has 0 unspecified atom stereocenters. The van der Waals surface area contributed by atoms with Crippen molar-refractivity contribution in [3.8, 4) is 0 Å². The number of morpholine rings is 1. The molecule has 2 saturated heterocycles. The molecule has 0 aromatic heterocycles. The van der Waals surface area contributed by atoms with Gasteiger partial charge in [0, 0.05) is 13.1 Å². The summed E-state index contributed by atoms with van der Waals surface area (Å²) >= 11 is 0. The topological polar surface area (TPSA) is 58.6 Å². The lowest BCUT2D eigenvalue weighted by atomic mass is 10.1. The molecule has 6 heteroatoms. The van der Waals surface area contributed by atoms with Crippen LogP contribution in [-0.2, 0) is 14.3 Å². The Labute approximate surface area is 81.8 Å². The Balaban J connectivity index is 0.000000845. The van der Waals surface area contributed by atoms with Crippen LogP contribution >= 0.6 is 12.4 Å². The maximum absolute atomic E-state index is 11.2. The van der Waals surface area contributed by atoms with Crippen molar-refractivity contribution in [2.45, 2.75) is 6.04 Å². The molecule has 0 bridgehead atoms. The zero-order valence-corrected chi connectivity index (χ0v) is 7.80. The molecule has 2 aliphatic rings. The van der Waals surface area contributed by atoms with Crippen LogP contribution in [0.4, 0.5) is 0 Å². The number of amides is 2. The van der Waals surface area contributed by atoms with Gasteiger partial charge in [0.15, 0.2) is 0 Å². The Hall–Kier alpha value is -0.650. The van der Waals surface area contributed by atoms with Crippen LogP contribution in [0.5, 0.6) is 0 Å². The minimum atomic E-state index is -0.210. The Morgan fingerprint density at radius 2 is 1.77 bits per heavy atom. The van der Waals surface area contributed by atoms with Gasteiger partial charge in [-0.25, -0.2) is 0 Å². The van der Waals surface area contributed by atoms with E-state index in [2.05, 4.69) is 5.32 Å². The standard InChI is InChI=1S/C7H10N2O3.ClH/c10-6-3-12-4-7(11)9(6)5-1-8-2-5;/h5,8H,1-4H2;1H. The zero-order valence-electron chi connectivity index (χ0n) is 6.99. The number of rotatable bonds is 1. The maximum atomic E-state index is 11.2. The summed E-state index contributed by atoms with van der Waals surface area (Å²) < 4.78 is 4.78. The molecule has 0 aromatic rings. The van der Waals surface area contributed by atoms with Crippen molar-refractivity contribution in [2.75, 3.05) is 26.3 Å². The van der Waals surface area contributed by atoms with E-state index in [9.17, 15) is 9.59 Å². The highest BCUT2D eigenvalue weighted by molar-refractivity contribution is 5.98.